The first-order valence-corrected chi connectivity index (χ1v) is 7.47. The first-order chi connectivity index (χ1) is 8.79. The van der Waals surface area contributed by atoms with Crippen molar-refractivity contribution in [3.05, 3.63) is 47.5 Å². The Morgan fingerprint density at radius 2 is 1.72 bits per heavy atom. The van der Waals surface area contributed by atoms with Crippen LogP contribution in [0.4, 0.5) is 0 Å². The highest BCUT2D eigenvalue weighted by Gasteiger charge is 2.21. The maximum atomic E-state index is 2.33. The Morgan fingerprint density at radius 1 is 1.06 bits per heavy atom. The van der Waals surface area contributed by atoms with E-state index in [4.69, 9.17) is 0 Å². The number of benzene rings is 1. The van der Waals surface area contributed by atoms with E-state index >= 15 is 0 Å². The maximum Gasteiger partial charge on any atom is -0.0162 e. The lowest BCUT2D eigenvalue weighted by molar-refractivity contribution is 0.312. The first kappa shape index (κ1) is 13.4. The van der Waals surface area contributed by atoms with E-state index in [0.717, 1.165) is 11.8 Å². The van der Waals surface area contributed by atoms with Crippen molar-refractivity contribution in [1.82, 2.24) is 0 Å². The van der Waals surface area contributed by atoms with Gasteiger partial charge in [0.2, 0.25) is 0 Å². The smallest absolute Gasteiger partial charge is 0.0162 e. The molecule has 18 heavy (non-hydrogen) atoms. The Morgan fingerprint density at radius 3 is 2.33 bits per heavy atom. The fourth-order valence-electron chi connectivity index (χ4n) is 3.12. The molecule has 0 aromatic heterocycles. The van der Waals surface area contributed by atoms with E-state index in [0.29, 0.717) is 0 Å². The molecule has 0 saturated heterocycles. The molecule has 1 aromatic carbocycles. The van der Waals surface area contributed by atoms with Crippen molar-refractivity contribution >= 4 is 0 Å². The first-order valence-electron chi connectivity index (χ1n) is 7.47. The Balaban J connectivity index is 1.81. The third-order valence-electron chi connectivity index (χ3n) is 4.37. The predicted molar refractivity (Wildman–Crippen MR) is 79.9 cm³/mol. The van der Waals surface area contributed by atoms with Crippen LogP contribution in [-0.4, -0.2) is 0 Å². The molecule has 0 heterocycles. The Labute approximate surface area is 112 Å². The Bertz CT molecular complexity index is 364. The van der Waals surface area contributed by atoms with E-state index in [2.05, 4.69) is 50.3 Å². The molecule has 0 nitrogen and oxygen atoms in total. The quantitative estimate of drug-likeness (QED) is 0.601. The topological polar surface area (TPSA) is 0 Å². The van der Waals surface area contributed by atoms with Gasteiger partial charge in [-0.1, -0.05) is 42.0 Å². The fraction of sp³-hybridized carbons (Fsp3) is 0.556. The molecular weight excluding hydrogens is 216 g/mol. The summed E-state index contributed by atoms with van der Waals surface area (Å²) >= 11 is 0. The van der Waals surface area contributed by atoms with Gasteiger partial charge in [-0.2, -0.15) is 0 Å². The van der Waals surface area contributed by atoms with Crippen LogP contribution in [0, 0.1) is 12.8 Å². The van der Waals surface area contributed by atoms with Crippen molar-refractivity contribution < 1.29 is 0 Å². The standard InChI is InChI=1S/C18H26/c1-3-4-5-6-16-9-13-18(14-10-16)17-11-7-15(2)8-12-17/h3-4,7-8,11-12,16,18H,5-6,9-10,13-14H2,1-2H3. The zero-order chi connectivity index (χ0) is 12.8. The molecule has 0 atom stereocenters. The van der Waals surface area contributed by atoms with Gasteiger partial charge in [0, 0.05) is 0 Å². The van der Waals surface area contributed by atoms with Gasteiger partial charge in [-0.25, -0.2) is 0 Å². The summed E-state index contributed by atoms with van der Waals surface area (Å²) in [6.45, 7) is 4.29. The molecule has 0 radical (unpaired) electrons. The van der Waals surface area contributed by atoms with Gasteiger partial charge in [-0.15, -0.1) is 0 Å². The van der Waals surface area contributed by atoms with Crippen molar-refractivity contribution in [2.24, 2.45) is 5.92 Å². The van der Waals surface area contributed by atoms with E-state index in [9.17, 15) is 0 Å². The Hall–Kier alpha value is -1.04. The lowest BCUT2D eigenvalue weighted by Crippen LogP contribution is -2.13. The van der Waals surface area contributed by atoms with Crippen LogP contribution in [0.2, 0.25) is 0 Å². The molecule has 1 aromatic rings. The molecule has 0 aliphatic heterocycles. The van der Waals surface area contributed by atoms with Crippen molar-refractivity contribution in [3.63, 3.8) is 0 Å². The molecule has 0 amide bonds. The second-order valence-corrected chi connectivity index (χ2v) is 5.77. The Kier molecular flexibility index (Phi) is 5.04. The van der Waals surface area contributed by atoms with Crippen LogP contribution in [0.3, 0.4) is 0 Å². The van der Waals surface area contributed by atoms with E-state index in [1.165, 1.54) is 44.1 Å². The van der Waals surface area contributed by atoms with Crippen molar-refractivity contribution in [3.8, 4) is 0 Å². The highest BCUT2D eigenvalue weighted by Crippen LogP contribution is 2.37. The minimum atomic E-state index is 0.823. The van der Waals surface area contributed by atoms with Crippen LogP contribution in [-0.2, 0) is 0 Å². The van der Waals surface area contributed by atoms with Crippen molar-refractivity contribution in [2.45, 2.75) is 58.3 Å². The van der Waals surface area contributed by atoms with Crippen LogP contribution >= 0.6 is 0 Å². The molecule has 0 heteroatoms. The van der Waals surface area contributed by atoms with E-state index < -0.39 is 0 Å². The van der Waals surface area contributed by atoms with Crippen molar-refractivity contribution in [1.29, 1.82) is 0 Å². The molecule has 2 rings (SSSR count). The second-order valence-electron chi connectivity index (χ2n) is 5.77. The number of aryl methyl sites for hydroxylation is 1. The summed E-state index contributed by atoms with van der Waals surface area (Å²) in [4.78, 5) is 0. The minimum absolute atomic E-state index is 0.823. The van der Waals surface area contributed by atoms with Crippen LogP contribution in [0.1, 0.15) is 62.5 Å². The number of rotatable bonds is 4. The average molecular weight is 242 g/mol. The molecular formula is C18H26. The highest BCUT2D eigenvalue weighted by atomic mass is 14.3. The molecule has 1 aliphatic carbocycles. The molecule has 0 bridgehead atoms. The van der Waals surface area contributed by atoms with Crippen LogP contribution in [0.15, 0.2) is 36.4 Å². The molecule has 0 N–H and O–H groups in total. The summed E-state index contributed by atoms with van der Waals surface area (Å²) in [5, 5.41) is 0. The normalized spacial score (nSPS) is 24.6. The molecule has 98 valence electrons. The molecule has 1 aliphatic rings. The highest BCUT2D eigenvalue weighted by molar-refractivity contribution is 5.24. The van der Waals surface area contributed by atoms with Gasteiger partial charge in [0.05, 0.1) is 0 Å². The van der Waals surface area contributed by atoms with Crippen LogP contribution in [0.25, 0.3) is 0 Å². The number of allylic oxidation sites excluding steroid dienone is 2. The third-order valence-corrected chi connectivity index (χ3v) is 4.37. The molecule has 0 spiro atoms. The molecule has 1 fully saturated rings. The van der Waals surface area contributed by atoms with Gasteiger partial charge in [0.15, 0.2) is 0 Å². The van der Waals surface area contributed by atoms with E-state index in [1.54, 1.807) is 5.56 Å². The fourth-order valence-corrected chi connectivity index (χ4v) is 3.12. The summed E-state index contributed by atoms with van der Waals surface area (Å²) in [5.41, 5.74) is 2.94. The lowest BCUT2D eigenvalue weighted by Gasteiger charge is -2.28. The van der Waals surface area contributed by atoms with Gasteiger partial charge in [-0.3, -0.25) is 0 Å². The van der Waals surface area contributed by atoms with Crippen LogP contribution in [0.5, 0.6) is 0 Å². The molecule has 0 unspecified atom stereocenters. The van der Waals surface area contributed by atoms with E-state index in [-0.39, 0.29) is 0 Å². The minimum Gasteiger partial charge on any atom is -0.0917 e. The van der Waals surface area contributed by atoms with Gasteiger partial charge >= 0.3 is 0 Å². The zero-order valence-electron chi connectivity index (χ0n) is 11.9. The van der Waals surface area contributed by atoms with Gasteiger partial charge < -0.3 is 0 Å². The summed E-state index contributed by atoms with van der Waals surface area (Å²) in [5.74, 6) is 1.80. The SMILES string of the molecule is CC=CCCC1CCC(c2ccc(C)cc2)CC1. The monoisotopic (exact) mass is 242 g/mol. The average Bonchev–Trinajstić information content (AvgIpc) is 2.41. The number of hydrogen-bond donors (Lipinski definition) is 0. The van der Waals surface area contributed by atoms with Crippen molar-refractivity contribution in [2.75, 3.05) is 0 Å². The summed E-state index contributed by atoms with van der Waals surface area (Å²) in [7, 11) is 0. The maximum absolute atomic E-state index is 2.33. The number of hydrogen-bond acceptors (Lipinski definition) is 0. The van der Waals surface area contributed by atoms with Gasteiger partial charge in [0.25, 0.3) is 0 Å². The summed E-state index contributed by atoms with van der Waals surface area (Å²) in [6, 6.07) is 9.18. The van der Waals surface area contributed by atoms with Gasteiger partial charge in [-0.05, 0) is 69.8 Å². The predicted octanol–water partition coefficient (Wildman–Crippen LogP) is 5.63. The molecule has 1 saturated carbocycles. The lowest BCUT2D eigenvalue weighted by atomic mass is 9.77. The largest absolute Gasteiger partial charge is 0.0917 e. The van der Waals surface area contributed by atoms with Gasteiger partial charge in [0.1, 0.15) is 0 Å². The zero-order valence-corrected chi connectivity index (χ0v) is 11.9. The third kappa shape index (κ3) is 3.73. The second kappa shape index (κ2) is 6.78. The summed E-state index contributed by atoms with van der Waals surface area (Å²) in [6.07, 6.45) is 12.8. The van der Waals surface area contributed by atoms with E-state index in [1.807, 2.05) is 0 Å². The summed E-state index contributed by atoms with van der Waals surface area (Å²) < 4.78 is 0. The van der Waals surface area contributed by atoms with Crippen LogP contribution < -0.4 is 0 Å².